The number of carbonyl (C=O) groups excluding carboxylic acids is 1. The van der Waals surface area contributed by atoms with Crippen molar-refractivity contribution in [3.05, 3.63) is 17.5 Å². The minimum absolute atomic E-state index is 0.161. The number of aliphatic carboxylic acids is 1. The molecule has 0 fully saturated rings. The Hall–Kier alpha value is -2.05. The van der Waals surface area contributed by atoms with Gasteiger partial charge in [0.15, 0.2) is 0 Å². The Morgan fingerprint density at radius 1 is 1.58 bits per heavy atom. The molecule has 19 heavy (non-hydrogen) atoms. The van der Waals surface area contributed by atoms with Crippen molar-refractivity contribution >= 4 is 12.1 Å². The average Bonchev–Trinajstić information content (AvgIpc) is 2.77. The van der Waals surface area contributed by atoms with Crippen LogP contribution in [-0.4, -0.2) is 37.9 Å². The normalized spacial score (nSPS) is 18.3. The van der Waals surface area contributed by atoms with Gasteiger partial charge >= 0.3 is 12.1 Å². The van der Waals surface area contributed by atoms with E-state index in [9.17, 15) is 9.59 Å². The molecule has 1 aliphatic rings. The molecule has 0 bridgehead atoms. The molecule has 0 saturated carbocycles. The number of amides is 1. The fourth-order valence-corrected chi connectivity index (χ4v) is 2.08. The first-order valence-electron chi connectivity index (χ1n) is 6.01. The Morgan fingerprint density at radius 2 is 2.26 bits per heavy atom. The number of carboxylic acids is 1. The highest BCUT2D eigenvalue weighted by Crippen LogP contribution is 2.35. The minimum atomic E-state index is -0.965. The van der Waals surface area contributed by atoms with Crippen molar-refractivity contribution in [2.24, 2.45) is 0 Å². The molecule has 2 heterocycles. The van der Waals surface area contributed by atoms with E-state index in [1.165, 1.54) is 4.90 Å². The van der Waals surface area contributed by atoms with Crippen LogP contribution in [0.25, 0.3) is 0 Å². The molecule has 0 spiro atoms. The third-order valence-electron chi connectivity index (χ3n) is 2.81. The van der Waals surface area contributed by atoms with Crippen LogP contribution in [0.1, 0.15) is 44.5 Å². The van der Waals surface area contributed by atoms with Gasteiger partial charge < -0.3 is 9.84 Å². The van der Waals surface area contributed by atoms with Crippen LogP contribution in [-0.2, 0) is 16.1 Å². The van der Waals surface area contributed by atoms with E-state index in [-0.39, 0.29) is 6.42 Å². The molecule has 1 aromatic rings. The molecule has 0 aromatic carbocycles. The molecule has 104 valence electrons. The number of H-pyrrole nitrogens is 1. The zero-order valence-electron chi connectivity index (χ0n) is 11.1. The van der Waals surface area contributed by atoms with Crippen molar-refractivity contribution in [1.29, 1.82) is 0 Å². The summed E-state index contributed by atoms with van der Waals surface area (Å²) < 4.78 is 5.29. The van der Waals surface area contributed by atoms with Gasteiger partial charge in [-0.3, -0.25) is 14.8 Å². The van der Waals surface area contributed by atoms with Crippen molar-refractivity contribution in [3.63, 3.8) is 0 Å². The number of fused-ring (bicyclic) bond motifs is 1. The molecule has 1 atom stereocenters. The average molecular weight is 267 g/mol. The van der Waals surface area contributed by atoms with Crippen LogP contribution in [0.3, 0.4) is 0 Å². The van der Waals surface area contributed by atoms with Gasteiger partial charge in [0.05, 0.1) is 30.9 Å². The molecule has 1 unspecified atom stereocenters. The zero-order chi connectivity index (χ0) is 14.2. The molecule has 0 radical (unpaired) electrons. The van der Waals surface area contributed by atoms with E-state index in [0.29, 0.717) is 6.54 Å². The van der Waals surface area contributed by atoms with Gasteiger partial charge in [0, 0.05) is 5.56 Å². The number of carbonyl (C=O) groups is 2. The highest BCUT2D eigenvalue weighted by atomic mass is 16.6. The van der Waals surface area contributed by atoms with Crippen molar-refractivity contribution in [2.75, 3.05) is 0 Å². The number of nitrogens with one attached hydrogen (secondary N) is 1. The maximum Gasteiger partial charge on any atom is 0.411 e. The maximum absolute atomic E-state index is 12.1. The van der Waals surface area contributed by atoms with Crippen molar-refractivity contribution in [1.82, 2.24) is 15.1 Å². The summed E-state index contributed by atoms with van der Waals surface area (Å²) in [5.74, 6) is -0.965. The summed E-state index contributed by atoms with van der Waals surface area (Å²) in [6.07, 6.45) is 0.891. The topological polar surface area (TPSA) is 95.5 Å². The molecule has 2 rings (SSSR count). The Bertz CT molecular complexity index is 503. The molecule has 0 saturated heterocycles. The van der Waals surface area contributed by atoms with Crippen LogP contribution in [0.5, 0.6) is 0 Å². The lowest BCUT2D eigenvalue weighted by atomic mass is 10.1. The smallest absolute Gasteiger partial charge is 0.411 e. The molecular formula is C12H17N3O4. The van der Waals surface area contributed by atoms with E-state index < -0.39 is 23.7 Å². The molecular weight excluding hydrogens is 250 g/mol. The summed E-state index contributed by atoms with van der Waals surface area (Å²) >= 11 is 0. The van der Waals surface area contributed by atoms with Crippen LogP contribution in [0.4, 0.5) is 4.79 Å². The zero-order valence-corrected chi connectivity index (χ0v) is 11.1. The number of hydrogen-bond acceptors (Lipinski definition) is 4. The molecule has 1 aliphatic heterocycles. The van der Waals surface area contributed by atoms with E-state index in [2.05, 4.69) is 10.2 Å². The maximum atomic E-state index is 12.1. The predicted octanol–water partition coefficient (Wildman–Crippen LogP) is 1.68. The molecule has 1 amide bonds. The first-order chi connectivity index (χ1) is 8.78. The van der Waals surface area contributed by atoms with Crippen molar-refractivity contribution in [2.45, 2.75) is 45.4 Å². The number of nitrogens with zero attached hydrogens (tertiary/aromatic N) is 2. The highest BCUT2D eigenvalue weighted by Gasteiger charge is 2.38. The van der Waals surface area contributed by atoms with E-state index >= 15 is 0 Å². The van der Waals surface area contributed by atoms with Crippen LogP contribution in [0.15, 0.2) is 6.20 Å². The summed E-state index contributed by atoms with van der Waals surface area (Å²) in [6.45, 7) is 5.61. The number of aromatic nitrogens is 2. The molecule has 7 heteroatoms. The molecule has 2 N–H and O–H groups in total. The van der Waals surface area contributed by atoms with Gasteiger partial charge in [-0.05, 0) is 20.8 Å². The molecule has 0 aliphatic carbocycles. The Kier molecular flexibility index (Phi) is 3.21. The third kappa shape index (κ3) is 2.86. The molecule has 1 aromatic heterocycles. The van der Waals surface area contributed by atoms with Crippen molar-refractivity contribution in [3.8, 4) is 0 Å². The lowest BCUT2D eigenvalue weighted by molar-refractivity contribution is -0.138. The summed E-state index contributed by atoms with van der Waals surface area (Å²) in [7, 11) is 0. The monoisotopic (exact) mass is 267 g/mol. The second-order valence-corrected chi connectivity index (χ2v) is 5.53. The van der Waals surface area contributed by atoms with Crippen LogP contribution < -0.4 is 0 Å². The fourth-order valence-electron chi connectivity index (χ4n) is 2.08. The molecule has 7 nitrogen and oxygen atoms in total. The summed E-state index contributed by atoms with van der Waals surface area (Å²) in [6, 6.07) is -0.527. The number of aromatic amines is 1. The second kappa shape index (κ2) is 4.56. The number of carboxylic acid groups (broad SMARTS) is 1. The largest absolute Gasteiger partial charge is 0.481 e. The predicted molar refractivity (Wildman–Crippen MR) is 65.4 cm³/mol. The van der Waals surface area contributed by atoms with Gasteiger partial charge in [-0.15, -0.1) is 0 Å². The second-order valence-electron chi connectivity index (χ2n) is 5.53. The minimum Gasteiger partial charge on any atom is -0.481 e. The number of ether oxygens (including phenoxy) is 1. The van der Waals surface area contributed by atoms with E-state index in [1.807, 2.05) is 0 Å². The number of hydrogen-bond donors (Lipinski definition) is 2. The summed E-state index contributed by atoms with van der Waals surface area (Å²) in [5, 5.41) is 15.6. The summed E-state index contributed by atoms with van der Waals surface area (Å²) in [5.41, 5.74) is 0.893. The van der Waals surface area contributed by atoms with Crippen LogP contribution in [0.2, 0.25) is 0 Å². The van der Waals surface area contributed by atoms with Crippen molar-refractivity contribution < 1.29 is 19.4 Å². The van der Waals surface area contributed by atoms with Gasteiger partial charge in [-0.25, -0.2) is 4.79 Å². The lowest BCUT2D eigenvalue weighted by Gasteiger charge is -2.28. The van der Waals surface area contributed by atoms with Gasteiger partial charge in [0.2, 0.25) is 0 Å². The van der Waals surface area contributed by atoms with E-state index in [1.54, 1.807) is 27.0 Å². The number of rotatable bonds is 2. The van der Waals surface area contributed by atoms with E-state index in [4.69, 9.17) is 9.84 Å². The van der Waals surface area contributed by atoms with Gasteiger partial charge in [-0.1, -0.05) is 0 Å². The quantitative estimate of drug-likeness (QED) is 0.849. The first kappa shape index (κ1) is 13.4. The van der Waals surface area contributed by atoms with Gasteiger partial charge in [0.25, 0.3) is 0 Å². The Morgan fingerprint density at radius 3 is 2.84 bits per heavy atom. The first-order valence-corrected chi connectivity index (χ1v) is 6.01. The standard InChI is InChI=1S/C12H17N3O4/c1-12(2,3)19-11(18)15-6-8-7(5-13-14-8)9(15)4-10(16)17/h5,9H,4,6H2,1-3H3,(H,13,14)(H,16,17). The fraction of sp³-hybridized carbons (Fsp3) is 0.583. The Balaban J connectivity index is 2.19. The SMILES string of the molecule is CC(C)(C)OC(=O)N1Cc2[nH]ncc2C1CC(=O)O. The van der Waals surface area contributed by atoms with Gasteiger partial charge in [-0.2, -0.15) is 5.10 Å². The lowest BCUT2D eigenvalue weighted by Crippen LogP contribution is -2.36. The third-order valence-corrected chi connectivity index (χ3v) is 2.81. The summed E-state index contributed by atoms with van der Waals surface area (Å²) in [4.78, 5) is 24.4. The Labute approximate surface area is 110 Å². The van der Waals surface area contributed by atoms with Crippen LogP contribution >= 0.6 is 0 Å². The highest BCUT2D eigenvalue weighted by molar-refractivity contribution is 5.73. The van der Waals surface area contributed by atoms with Gasteiger partial charge in [0.1, 0.15) is 5.60 Å². The van der Waals surface area contributed by atoms with Crippen LogP contribution in [0, 0.1) is 0 Å². The van der Waals surface area contributed by atoms with E-state index in [0.717, 1.165) is 11.3 Å².